The van der Waals surface area contributed by atoms with E-state index in [1.807, 2.05) is 0 Å². The van der Waals surface area contributed by atoms with E-state index in [1.165, 1.54) is 12.1 Å². The maximum Gasteiger partial charge on any atom is 0.297 e. The molecule has 0 radical (unpaired) electrons. The Kier molecular flexibility index (Phi) is 4.06. The minimum absolute atomic E-state index is 0.113. The molecule has 1 N–H and O–H groups in total. The Labute approximate surface area is 140 Å². The molecule has 0 aliphatic heterocycles. The highest BCUT2D eigenvalue weighted by Gasteiger charge is 2.16. The Morgan fingerprint density at radius 3 is 2.88 bits per heavy atom. The molecule has 3 aromatic rings. The molecular weight excluding hydrogens is 339 g/mol. The van der Waals surface area contributed by atoms with Gasteiger partial charge >= 0.3 is 0 Å². The molecule has 0 atom stereocenters. The number of amides is 1. The Morgan fingerprint density at radius 1 is 1.42 bits per heavy atom. The van der Waals surface area contributed by atoms with Crippen molar-refractivity contribution in [3.05, 3.63) is 50.8 Å². The van der Waals surface area contributed by atoms with E-state index in [1.54, 1.807) is 13.8 Å². The van der Waals surface area contributed by atoms with Gasteiger partial charge < -0.3 is 9.84 Å². The summed E-state index contributed by atoms with van der Waals surface area (Å²) in [5.41, 5.74) is 0.438. The normalized spacial score (nSPS) is 11.0. The maximum atomic E-state index is 13.1. The molecular formula is C15H12ClFN4O3. The van der Waals surface area contributed by atoms with E-state index in [2.05, 4.69) is 15.6 Å². The highest BCUT2D eigenvalue weighted by molar-refractivity contribution is 6.31. The molecule has 2 aromatic heterocycles. The van der Waals surface area contributed by atoms with Crippen LogP contribution in [0.2, 0.25) is 5.02 Å². The van der Waals surface area contributed by atoms with Crippen LogP contribution in [0.4, 0.5) is 10.1 Å². The molecule has 1 aromatic carbocycles. The third kappa shape index (κ3) is 2.88. The molecule has 24 heavy (non-hydrogen) atoms. The first-order valence-corrected chi connectivity index (χ1v) is 7.33. The van der Waals surface area contributed by atoms with E-state index in [0.717, 1.165) is 10.7 Å². The van der Waals surface area contributed by atoms with Gasteiger partial charge in [-0.15, -0.1) is 0 Å². The number of aromatic nitrogens is 3. The van der Waals surface area contributed by atoms with Crippen molar-refractivity contribution in [1.29, 1.82) is 0 Å². The summed E-state index contributed by atoms with van der Waals surface area (Å²) in [5, 5.41) is 10.8. The van der Waals surface area contributed by atoms with Gasteiger partial charge in [-0.25, -0.2) is 9.07 Å². The second kappa shape index (κ2) is 6.04. The largest absolute Gasteiger partial charge is 0.360 e. The molecule has 0 fully saturated rings. The first kappa shape index (κ1) is 16.1. The first-order valence-electron chi connectivity index (χ1n) is 6.95. The van der Waals surface area contributed by atoms with Crippen LogP contribution >= 0.6 is 11.6 Å². The number of nitrogens with one attached hydrogen (secondary N) is 1. The van der Waals surface area contributed by atoms with Gasteiger partial charge in [-0.1, -0.05) is 16.8 Å². The number of aryl methyl sites for hydroxylation is 2. The van der Waals surface area contributed by atoms with Crippen LogP contribution in [-0.4, -0.2) is 20.8 Å². The van der Waals surface area contributed by atoms with Crippen LogP contribution in [-0.2, 0) is 11.3 Å². The zero-order valence-electron chi connectivity index (χ0n) is 12.8. The number of hydrogen-bond donors (Lipinski definition) is 1. The number of carbonyl (C=O) groups is 1. The molecule has 0 saturated heterocycles. The molecule has 0 bridgehead atoms. The van der Waals surface area contributed by atoms with Crippen LogP contribution < -0.4 is 10.9 Å². The van der Waals surface area contributed by atoms with Gasteiger partial charge in [0.05, 0.1) is 16.1 Å². The van der Waals surface area contributed by atoms with E-state index >= 15 is 0 Å². The van der Waals surface area contributed by atoms with Crippen LogP contribution in [0.15, 0.2) is 27.5 Å². The molecule has 2 heterocycles. The summed E-state index contributed by atoms with van der Waals surface area (Å²) in [7, 11) is 0. The summed E-state index contributed by atoms with van der Waals surface area (Å²) in [5.74, 6) is -0.606. The van der Waals surface area contributed by atoms with E-state index in [0.29, 0.717) is 22.5 Å². The zero-order valence-corrected chi connectivity index (χ0v) is 13.5. The van der Waals surface area contributed by atoms with Crippen molar-refractivity contribution in [3.8, 4) is 0 Å². The predicted octanol–water partition coefficient (Wildman–Crippen LogP) is 2.43. The van der Waals surface area contributed by atoms with Gasteiger partial charge in [0.2, 0.25) is 5.91 Å². The number of anilines is 1. The third-order valence-corrected chi connectivity index (χ3v) is 3.72. The van der Waals surface area contributed by atoms with E-state index in [9.17, 15) is 14.0 Å². The fraction of sp³-hybridized carbons (Fsp3) is 0.200. The van der Waals surface area contributed by atoms with Crippen LogP contribution in [0.25, 0.3) is 10.9 Å². The monoisotopic (exact) mass is 350 g/mol. The van der Waals surface area contributed by atoms with Crippen LogP contribution in [0.3, 0.4) is 0 Å². The smallest absolute Gasteiger partial charge is 0.297 e. The minimum atomic E-state index is -0.588. The number of hydrogen-bond acceptors (Lipinski definition) is 5. The molecule has 0 aliphatic rings. The third-order valence-electron chi connectivity index (χ3n) is 3.43. The Hall–Kier alpha value is -2.74. The molecule has 124 valence electrons. The van der Waals surface area contributed by atoms with Gasteiger partial charge in [-0.3, -0.25) is 9.59 Å². The van der Waals surface area contributed by atoms with Crippen molar-refractivity contribution < 1.29 is 13.7 Å². The van der Waals surface area contributed by atoms with Gasteiger partial charge in [0.25, 0.3) is 5.56 Å². The number of halogens is 2. The standard InChI is InChI=1S/C15H12ClFN4O3/c1-7-13-8(2)24-20-14(13)15(23)21(19-7)6-12(22)18-9-3-4-11(17)10(16)5-9/h3-5H,6H2,1-2H3,(H,18,22). The average molecular weight is 351 g/mol. The number of carbonyl (C=O) groups excluding carboxylic acids is 1. The second-order valence-electron chi connectivity index (χ2n) is 5.19. The van der Waals surface area contributed by atoms with Crippen molar-refractivity contribution >= 4 is 34.1 Å². The highest BCUT2D eigenvalue weighted by Crippen LogP contribution is 2.19. The molecule has 3 rings (SSSR count). The quantitative estimate of drug-likeness (QED) is 0.783. The average Bonchev–Trinajstić information content (AvgIpc) is 2.91. The van der Waals surface area contributed by atoms with Crippen LogP contribution in [0, 0.1) is 19.7 Å². The molecule has 0 aliphatic carbocycles. The molecule has 1 amide bonds. The van der Waals surface area contributed by atoms with E-state index < -0.39 is 17.3 Å². The summed E-state index contributed by atoms with van der Waals surface area (Å²) in [6.45, 7) is 3.05. The van der Waals surface area contributed by atoms with Crippen molar-refractivity contribution in [2.75, 3.05) is 5.32 Å². The van der Waals surface area contributed by atoms with Crippen LogP contribution in [0.5, 0.6) is 0 Å². The lowest BCUT2D eigenvalue weighted by Gasteiger charge is -2.08. The lowest BCUT2D eigenvalue weighted by atomic mass is 10.2. The SMILES string of the molecule is Cc1nn(CC(=O)Nc2ccc(F)c(Cl)c2)c(=O)c2noc(C)c12. The van der Waals surface area contributed by atoms with Crippen molar-refractivity contribution in [1.82, 2.24) is 14.9 Å². The fourth-order valence-corrected chi connectivity index (χ4v) is 2.54. The summed E-state index contributed by atoms with van der Waals surface area (Å²) in [6, 6.07) is 3.78. The van der Waals surface area contributed by atoms with Gasteiger partial charge in [0.1, 0.15) is 18.1 Å². The lowest BCUT2D eigenvalue weighted by Crippen LogP contribution is -2.30. The highest BCUT2D eigenvalue weighted by atomic mass is 35.5. The van der Waals surface area contributed by atoms with Gasteiger partial charge in [-0.2, -0.15) is 5.10 Å². The van der Waals surface area contributed by atoms with E-state index in [-0.39, 0.29) is 17.1 Å². The van der Waals surface area contributed by atoms with E-state index in [4.69, 9.17) is 16.1 Å². The minimum Gasteiger partial charge on any atom is -0.360 e. The lowest BCUT2D eigenvalue weighted by molar-refractivity contribution is -0.117. The summed E-state index contributed by atoms with van der Waals surface area (Å²) < 4.78 is 19.1. The summed E-state index contributed by atoms with van der Waals surface area (Å²) in [4.78, 5) is 24.4. The van der Waals surface area contributed by atoms with Gasteiger partial charge in [0, 0.05) is 5.69 Å². The Morgan fingerprint density at radius 2 is 2.17 bits per heavy atom. The topological polar surface area (TPSA) is 90.0 Å². The van der Waals surface area contributed by atoms with Crippen molar-refractivity contribution in [2.45, 2.75) is 20.4 Å². The van der Waals surface area contributed by atoms with Crippen LogP contribution in [0.1, 0.15) is 11.5 Å². The number of fused-ring (bicyclic) bond motifs is 1. The Balaban J connectivity index is 1.86. The number of benzene rings is 1. The molecule has 9 heteroatoms. The molecule has 7 nitrogen and oxygen atoms in total. The first-order chi connectivity index (χ1) is 11.4. The fourth-order valence-electron chi connectivity index (χ4n) is 2.36. The summed E-state index contributed by atoms with van der Waals surface area (Å²) >= 11 is 5.66. The number of nitrogens with zero attached hydrogens (tertiary/aromatic N) is 3. The molecule has 0 saturated carbocycles. The molecule has 0 unspecified atom stereocenters. The van der Waals surface area contributed by atoms with Crippen molar-refractivity contribution in [2.24, 2.45) is 0 Å². The predicted molar refractivity (Wildman–Crippen MR) is 85.6 cm³/mol. The maximum absolute atomic E-state index is 13.1. The Bertz CT molecular complexity index is 1010. The van der Waals surface area contributed by atoms with Crippen molar-refractivity contribution in [3.63, 3.8) is 0 Å². The number of rotatable bonds is 3. The second-order valence-corrected chi connectivity index (χ2v) is 5.59. The molecule has 0 spiro atoms. The van der Waals surface area contributed by atoms with Gasteiger partial charge in [-0.05, 0) is 32.0 Å². The summed E-state index contributed by atoms with van der Waals surface area (Å²) in [6.07, 6.45) is 0. The van der Waals surface area contributed by atoms with Gasteiger partial charge in [0.15, 0.2) is 5.52 Å². The zero-order chi connectivity index (χ0) is 17.4.